The average Bonchev–Trinajstić information content (AvgIpc) is 2.46. The van der Waals surface area contributed by atoms with Crippen LogP contribution in [0.5, 0.6) is 5.75 Å². The summed E-state index contributed by atoms with van der Waals surface area (Å²) < 4.78 is 28.9. The van der Waals surface area contributed by atoms with Crippen molar-refractivity contribution in [1.82, 2.24) is 5.32 Å². The Labute approximate surface area is 134 Å². The minimum atomic E-state index is -2.88. The fourth-order valence-electron chi connectivity index (χ4n) is 3.02. The molecule has 1 aliphatic rings. The first-order valence-corrected chi connectivity index (χ1v) is 7.94. The van der Waals surface area contributed by atoms with Crippen LogP contribution in [0, 0.1) is 0 Å². The number of halogens is 2. The van der Waals surface area contributed by atoms with E-state index in [1.807, 2.05) is 0 Å². The summed E-state index contributed by atoms with van der Waals surface area (Å²) in [7, 11) is 0. The highest BCUT2D eigenvalue weighted by atomic mass is 19.3. The SMILES string of the molecule is CC(NC(=O)CC1(O)CCCCC1)c1cccc(OC(F)F)c1. The van der Waals surface area contributed by atoms with Crippen molar-refractivity contribution in [3.05, 3.63) is 29.8 Å². The van der Waals surface area contributed by atoms with Gasteiger partial charge in [0.05, 0.1) is 18.1 Å². The molecule has 1 unspecified atom stereocenters. The van der Waals surface area contributed by atoms with Crippen LogP contribution in [-0.2, 0) is 4.79 Å². The van der Waals surface area contributed by atoms with Crippen LogP contribution in [-0.4, -0.2) is 23.2 Å². The second kappa shape index (κ2) is 7.73. The molecule has 1 saturated carbocycles. The van der Waals surface area contributed by atoms with Gasteiger partial charge in [-0.2, -0.15) is 8.78 Å². The van der Waals surface area contributed by atoms with Crippen molar-refractivity contribution in [2.75, 3.05) is 0 Å². The average molecular weight is 327 g/mol. The second-order valence-corrected chi connectivity index (χ2v) is 6.20. The topological polar surface area (TPSA) is 58.6 Å². The Morgan fingerprint density at radius 1 is 1.35 bits per heavy atom. The van der Waals surface area contributed by atoms with Crippen LogP contribution in [0.2, 0.25) is 0 Å². The molecule has 6 heteroatoms. The number of carbonyl (C=O) groups excluding carboxylic acids is 1. The van der Waals surface area contributed by atoms with E-state index in [0.717, 1.165) is 19.3 Å². The predicted octanol–water partition coefficient (Wildman–Crippen LogP) is 3.55. The third kappa shape index (κ3) is 5.46. The maximum atomic E-state index is 12.2. The van der Waals surface area contributed by atoms with Crippen molar-refractivity contribution < 1.29 is 23.4 Å². The van der Waals surface area contributed by atoms with E-state index >= 15 is 0 Å². The Morgan fingerprint density at radius 2 is 2.04 bits per heavy atom. The first-order valence-electron chi connectivity index (χ1n) is 7.94. The summed E-state index contributed by atoms with van der Waals surface area (Å²) in [6, 6.07) is 5.90. The minimum Gasteiger partial charge on any atom is -0.435 e. The van der Waals surface area contributed by atoms with E-state index < -0.39 is 12.2 Å². The van der Waals surface area contributed by atoms with Crippen molar-refractivity contribution in [2.24, 2.45) is 0 Å². The monoisotopic (exact) mass is 327 g/mol. The maximum absolute atomic E-state index is 12.2. The van der Waals surface area contributed by atoms with E-state index in [-0.39, 0.29) is 24.1 Å². The molecule has 0 heterocycles. The van der Waals surface area contributed by atoms with Crippen LogP contribution >= 0.6 is 0 Å². The van der Waals surface area contributed by atoms with Gasteiger partial charge in [0.15, 0.2) is 0 Å². The van der Waals surface area contributed by atoms with E-state index in [9.17, 15) is 18.7 Å². The fourth-order valence-corrected chi connectivity index (χ4v) is 3.02. The van der Waals surface area contributed by atoms with Gasteiger partial charge in [-0.3, -0.25) is 4.79 Å². The summed E-state index contributed by atoms with van der Waals surface area (Å²) in [6.45, 7) is -1.11. The Bertz CT molecular complexity index is 530. The van der Waals surface area contributed by atoms with Crippen LogP contribution in [0.1, 0.15) is 57.1 Å². The Kier molecular flexibility index (Phi) is 5.93. The van der Waals surface area contributed by atoms with Gasteiger partial charge in [0.25, 0.3) is 0 Å². The minimum absolute atomic E-state index is 0.0597. The molecular weight excluding hydrogens is 304 g/mol. The zero-order valence-corrected chi connectivity index (χ0v) is 13.2. The summed E-state index contributed by atoms with van der Waals surface area (Å²) in [5.74, 6) is -0.174. The summed E-state index contributed by atoms with van der Waals surface area (Å²) in [5, 5.41) is 13.2. The molecule has 1 aromatic carbocycles. The van der Waals surface area contributed by atoms with Gasteiger partial charge in [0.1, 0.15) is 5.75 Å². The molecule has 1 aromatic rings. The Morgan fingerprint density at radius 3 is 2.70 bits per heavy atom. The summed E-state index contributed by atoms with van der Waals surface area (Å²) in [4.78, 5) is 12.1. The van der Waals surface area contributed by atoms with Gasteiger partial charge in [0, 0.05) is 0 Å². The molecule has 0 spiro atoms. The molecule has 2 N–H and O–H groups in total. The Balaban J connectivity index is 1.92. The fraction of sp³-hybridized carbons (Fsp3) is 0.588. The van der Waals surface area contributed by atoms with Crippen molar-refractivity contribution in [3.63, 3.8) is 0 Å². The van der Waals surface area contributed by atoms with Crippen LogP contribution in [0.15, 0.2) is 24.3 Å². The molecule has 1 aliphatic carbocycles. The maximum Gasteiger partial charge on any atom is 0.387 e. The molecule has 0 aromatic heterocycles. The standard InChI is InChI=1S/C17H23F2NO3/c1-12(13-6-5-7-14(10-13)23-16(18)19)20-15(21)11-17(22)8-3-2-4-9-17/h5-7,10,12,16,22H,2-4,8-9,11H2,1H3,(H,20,21). The van der Waals surface area contributed by atoms with E-state index in [4.69, 9.17) is 0 Å². The molecule has 1 amide bonds. The molecule has 0 saturated heterocycles. The lowest BCUT2D eigenvalue weighted by Gasteiger charge is -2.31. The number of ether oxygens (including phenoxy) is 1. The first-order chi connectivity index (χ1) is 10.9. The zero-order chi connectivity index (χ0) is 16.9. The van der Waals surface area contributed by atoms with Gasteiger partial charge in [-0.1, -0.05) is 31.4 Å². The summed E-state index contributed by atoms with van der Waals surface area (Å²) >= 11 is 0. The number of aliphatic hydroxyl groups is 1. The molecule has 0 bridgehead atoms. The molecule has 128 valence electrons. The largest absolute Gasteiger partial charge is 0.435 e. The molecule has 0 radical (unpaired) electrons. The summed E-state index contributed by atoms with van der Waals surface area (Å²) in [6.07, 6.45) is 4.33. The number of nitrogens with one attached hydrogen (secondary N) is 1. The van der Waals surface area contributed by atoms with Crippen molar-refractivity contribution in [3.8, 4) is 5.75 Å². The van der Waals surface area contributed by atoms with Crippen molar-refractivity contribution in [2.45, 2.75) is 63.7 Å². The number of benzene rings is 1. The molecule has 4 nitrogen and oxygen atoms in total. The van der Waals surface area contributed by atoms with E-state index in [0.29, 0.717) is 18.4 Å². The van der Waals surface area contributed by atoms with Crippen molar-refractivity contribution in [1.29, 1.82) is 0 Å². The molecular formula is C17H23F2NO3. The predicted molar refractivity (Wildman–Crippen MR) is 82.3 cm³/mol. The lowest BCUT2D eigenvalue weighted by molar-refractivity contribution is -0.128. The smallest absolute Gasteiger partial charge is 0.387 e. The molecule has 1 atom stereocenters. The highest BCUT2D eigenvalue weighted by molar-refractivity contribution is 5.77. The van der Waals surface area contributed by atoms with E-state index in [2.05, 4.69) is 10.1 Å². The Hall–Kier alpha value is -1.69. The third-order valence-electron chi connectivity index (χ3n) is 4.23. The van der Waals surface area contributed by atoms with Crippen LogP contribution in [0.25, 0.3) is 0 Å². The van der Waals surface area contributed by atoms with Gasteiger partial charge >= 0.3 is 6.61 Å². The zero-order valence-electron chi connectivity index (χ0n) is 13.2. The number of carbonyl (C=O) groups is 1. The number of amides is 1. The lowest BCUT2D eigenvalue weighted by atomic mass is 9.82. The van der Waals surface area contributed by atoms with Gasteiger partial charge in [-0.15, -0.1) is 0 Å². The second-order valence-electron chi connectivity index (χ2n) is 6.20. The third-order valence-corrected chi connectivity index (χ3v) is 4.23. The molecule has 23 heavy (non-hydrogen) atoms. The highest BCUT2D eigenvalue weighted by Crippen LogP contribution is 2.31. The van der Waals surface area contributed by atoms with E-state index in [1.54, 1.807) is 19.1 Å². The summed E-state index contributed by atoms with van der Waals surface area (Å²) in [5.41, 5.74) is -0.241. The lowest BCUT2D eigenvalue weighted by Crippen LogP contribution is -2.39. The number of rotatable bonds is 6. The molecule has 0 aliphatic heterocycles. The number of hydrogen-bond donors (Lipinski definition) is 2. The number of alkyl halides is 2. The van der Waals surface area contributed by atoms with Gasteiger partial charge in [0.2, 0.25) is 5.91 Å². The van der Waals surface area contributed by atoms with Gasteiger partial charge < -0.3 is 15.2 Å². The molecule has 2 rings (SSSR count). The quantitative estimate of drug-likeness (QED) is 0.840. The normalized spacial score (nSPS) is 18.5. The highest BCUT2D eigenvalue weighted by Gasteiger charge is 2.32. The first kappa shape index (κ1) is 17.7. The van der Waals surface area contributed by atoms with Gasteiger partial charge in [-0.25, -0.2) is 0 Å². The van der Waals surface area contributed by atoms with Gasteiger partial charge in [-0.05, 0) is 37.5 Å². The van der Waals surface area contributed by atoms with E-state index in [1.165, 1.54) is 12.1 Å². The van der Waals surface area contributed by atoms with Crippen LogP contribution in [0.3, 0.4) is 0 Å². The number of hydrogen-bond acceptors (Lipinski definition) is 3. The van der Waals surface area contributed by atoms with Crippen LogP contribution < -0.4 is 10.1 Å². The van der Waals surface area contributed by atoms with Crippen LogP contribution in [0.4, 0.5) is 8.78 Å². The molecule has 1 fully saturated rings. The van der Waals surface area contributed by atoms with Crippen molar-refractivity contribution >= 4 is 5.91 Å².